The van der Waals surface area contributed by atoms with E-state index in [4.69, 9.17) is 4.74 Å². The van der Waals surface area contributed by atoms with Gasteiger partial charge in [-0.1, -0.05) is 36.4 Å². The number of para-hydroxylation sites is 1. The number of benzene rings is 3. The molecule has 9 nitrogen and oxygen atoms in total. The summed E-state index contributed by atoms with van der Waals surface area (Å²) in [7, 11) is -4.33. The Hall–Kier alpha value is -4.72. The third-order valence-corrected chi connectivity index (χ3v) is 10.1. The number of rotatable bonds is 7. The van der Waals surface area contributed by atoms with Crippen LogP contribution in [0.15, 0.2) is 96.2 Å². The van der Waals surface area contributed by atoms with Gasteiger partial charge in [0.05, 0.1) is 28.8 Å². The Morgan fingerprint density at radius 1 is 0.930 bits per heavy atom. The second kappa shape index (κ2) is 11.2. The summed E-state index contributed by atoms with van der Waals surface area (Å²) < 4.78 is 35.8. The number of aromatic nitrogens is 1. The van der Waals surface area contributed by atoms with E-state index in [9.17, 15) is 13.7 Å². The molecular formula is C33H31N5O4S. The maximum absolute atomic E-state index is 15.2. The molecule has 10 heteroatoms. The Morgan fingerprint density at radius 3 is 2.33 bits per heavy atom. The molecule has 2 aliphatic rings. The van der Waals surface area contributed by atoms with Crippen LogP contribution in [-0.4, -0.2) is 57.0 Å². The number of carbonyl (C=O) groups is 1. The van der Waals surface area contributed by atoms with E-state index >= 15 is 4.79 Å². The molecule has 1 saturated heterocycles. The van der Waals surface area contributed by atoms with Crippen molar-refractivity contribution in [3.63, 3.8) is 0 Å². The van der Waals surface area contributed by atoms with Gasteiger partial charge in [0.15, 0.2) is 5.54 Å². The summed E-state index contributed by atoms with van der Waals surface area (Å²) in [4.78, 5) is 23.6. The Morgan fingerprint density at radius 2 is 1.63 bits per heavy atom. The van der Waals surface area contributed by atoms with Crippen LogP contribution in [0.5, 0.6) is 5.75 Å². The number of aryl methyl sites for hydroxylation is 1. The van der Waals surface area contributed by atoms with Crippen molar-refractivity contribution in [1.29, 1.82) is 5.26 Å². The van der Waals surface area contributed by atoms with E-state index in [1.807, 2.05) is 42.2 Å². The van der Waals surface area contributed by atoms with Crippen LogP contribution in [-0.2, 0) is 20.4 Å². The average molecular weight is 594 g/mol. The number of amides is 1. The van der Waals surface area contributed by atoms with Crippen molar-refractivity contribution in [3.05, 3.63) is 114 Å². The third kappa shape index (κ3) is 4.52. The normalized spacial score (nSPS) is 18.8. The molecule has 0 saturated carbocycles. The van der Waals surface area contributed by atoms with Crippen LogP contribution in [0.1, 0.15) is 29.2 Å². The highest BCUT2D eigenvalue weighted by molar-refractivity contribution is 7.93. The van der Waals surface area contributed by atoms with Crippen LogP contribution < -0.4 is 13.9 Å². The number of fused-ring (bicyclic) bond motifs is 1. The molecule has 1 aromatic heterocycles. The molecule has 3 heterocycles. The smallest absolute Gasteiger partial charge is 0.271 e. The molecule has 4 aromatic rings. The lowest BCUT2D eigenvalue weighted by molar-refractivity contribution is -0.127. The number of hydrogen-bond donors (Lipinski definition) is 0. The fraction of sp³-hybridized carbons (Fsp3) is 0.242. The zero-order valence-electron chi connectivity index (χ0n) is 24.0. The van der Waals surface area contributed by atoms with Crippen molar-refractivity contribution in [1.82, 2.24) is 9.88 Å². The van der Waals surface area contributed by atoms with Crippen LogP contribution in [0.25, 0.3) is 0 Å². The summed E-state index contributed by atoms with van der Waals surface area (Å²) in [6.07, 6.45) is 3.49. The molecule has 43 heavy (non-hydrogen) atoms. The highest BCUT2D eigenvalue weighted by Gasteiger charge is 2.60. The maximum Gasteiger partial charge on any atom is 0.271 e. The standard InChI is InChI=1S/C33H31N5O4S/c1-3-42-30-10-6-5-9-27(30)33(37-20-18-36(19-21-37)26-14-16-35-17-15-26)28-22-25(23-34)12-13-29(28)38(32(33)39)43(40,41)31-11-7-4-8-24(31)2/h4-17,22H,3,18-21H2,1-2H3. The molecule has 1 fully saturated rings. The van der Waals surface area contributed by atoms with Gasteiger partial charge in [-0.15, -0.1) is 0 Å². The molecular weight excluding hydrogens is 562 g/mol. The van der Waals surface area contributed by atoms with Crippen LogP contribution in [0.4, 0.5) is 11.4 Å². The fourth-order valence-corrected chi connectivity index (χ4v) is 7.96. The molecule has 2 aliphatic heterocycles. The van der Waals surface area contributed by atoms with Crippen LogP contribution in [0.2, 0.25) is 0 Å². The van der Waals surface area contributed by atoms with Crippen LogP contribution in [0, 0.1) is 18.3 Å². The van der Waals surface area contributed by atoms with E-state index in [0.29, 0.717) is 60.8 Å². The second-order valence-electron chi connectivity index (χ2n) is 10.5. The zero-order valence-corrected chi connectivity index (χ0v) is 24.8. The van der Waals surface area contributed by atoms with Gasteiger partial charge in [0.1, 0.15) is 5.75 Å². The molecule has 1 unspecified atom stereocenters. The summed E-state index contributed by atoms with van der Waals surface area (Å²) >= 11 is 0. The number of pyridine rings is 1. The quantitative estimate of drug-likeness (QED) is 0.309. The average Bonchev–Trinajstić information content (AvgIpc) is 3.30. The molecule has 1 amide bonds. The lowest BCUT2D eigenvalue weighted by Gasteiger charge is -2.46. The first-order valence-corrected chi connectivity index (χ1v) is 15.6. The van der Waals surface area contributed by atoms with Gasteiger partial charge in [0.25, 0.3) is 15.9 Å². The molecule has 0 spiro atoms. The van der Waals surface area contributed by atoms with Crippen molar-refractivity contribution in [2.24, 2.45) is 0 Å². The third-order valence-electron chi connectivity index (χ3n) is 8.20. The van der Waals surface area contributed by atoms with Crippen molar-refractivity contribution in [3.8, 4) is 11.8 Å². The Labute approximate surface area is 251 Å². The second-order valence-corrected chi connectivity index (χ2v) is 12.3. The highest BCUT2D eigenvalue weighted by atomic mass is 32.2. The minimum atomic E-state index is -4.33. The van der Waals surface area contributed by atoms with Gasteiger partial charge >= 0.3 is 0 Å². The van der Waals surface area contributed by atoms with Crippen molar-refractivity contribution >= 4 is 27.3 Å². The number of anilines is 2. The molecule has 0 N–H and O–H groups in total. The molecule has 3 aromatic carbocycles. The number of nitriles is 1. The summed E-state index contributed by atoms with van der Waals surface area (Å²) in [6, 6.07) is 24.8. The zero-order chi connectivity index (χ0) is 30.2. The Kier molecular flexibility index (Phi) is 7.38. The van der Waals surface area contributed by atoms with Gasteiger partial charge in [0.2, 0.25) is 0 Å². The van der Waals surface area contributed by atoms with Crippen molar-refractivity contribution < 1.29 is 17.9 Å². The van der Waals surface area contributed by atoms with E-state index in [0.717, 1.165) is 9.99 Å². The SMILES string of the molecule is CCOc1ccccc1C1(N2CCN(c3ccncc3)CC2)C(=O)N(S(=O)(=O)c2ccccc2C)c2ccc(C#N)cc21. The molecule has 1 atom stereocenters. The summed E-state index contributed by atoms with van der Waals surface area (Å²) in [5.41, 5.74) is 1.53. The molecule has 6 rings (SSSR count). The number of ether oxygens (including phenoxy) is 1. The van der Waals surface area contributed by atoms with Gasteiger partial charge < -0.3 is 9.64 Å². The lowest BCUT2D eigenvalue weighted by Crippen LogP contribution is -2.60. The predicted molar refractivity (Wildman–Crippen MR) is 163 cm³/mol. The number of hydrogen-bond acceptors (Lipinski definition) is 8. The number of carbonyl (C=O) groups excluding carboxylic acids is 1. The lowest BCUT2D eigenvalue weighted by atomic mass is 9.80. The fourth-order valence-electron chi connectivity index (χ4n) is 6.26. The first kappa shape index (κ1) is 28.4. The van der Waals surface area contributed by atoms with Gasteiger partial charge in [-0.25, -0.2) is 12.7 Å². The molecule has 0 bridgehead atoms. The summed E-state index contributed by atoms with van der Waals surface area (Å²) in [5, 5.41) is 9.91. The molecule has 218 valence electrons. The molecule has 0 aliphatic carbocycles. The van der Waals surface area contributed by atoms with E-state index in [-0.39, 0.29) is 10.6 Å². The Bertz CT molecular complexity index is 1830. The van der Waals surface area contributed by atoms with Gasteiger partial charge in [-0.3, -0.25) is 14.7 Å². The minimum absolute atomic E-state index is 0.0510. The maximum atomic E-state index is 15.2. The van der Waals surface area contributed by atoms with E-state index in [1.54, 1.807) is 61.8 Å². The summed E-state index contributed by atoms with van der Waals surface area (Å²) in [6.45, 7) is 6.01. The van der Waals surface area contributed by atoms with Gasteiger partial charge in [0, 0.05) is 55.4 Å². The van der Waals surface area contributed by atoms with E-state index < -0.39 is 21.5 Å². The highest BCUT2D eigenvalue weighted by Crippen LogP contribution is 2.53. The number of nitrogens with zero attached hydrogens (tertiary/aromatic N) is 5. The van der Waals surface area contributed by atoms with Gasteiger partial charge in [-0.2, -0.15) is 5.26 Å². The predicted octanol–water partition coefficient (Wildman–Crippen LogP) is 4.46. The number of sulfonamides is 1. The van der Waals surface area contributed by atoms with E-state index in [1.165, 1.54) is 6.07 Å². The largest absolute Gasteiger partial charge is 0.493 e. The van der Waals surface area contributed by atoms with Crippen LogP contribution in [0.3, 0.4) is 0 Å². The van der Waals surface area contributed by atoms with Gasteiger partial charge in [-0.05, 0) is 61.9 Å². The van der Waals surface area contributed by atoms with Crippen molar-refractivity contribution in [2.75, 3.05) is 42.0 Å². The summed E-state index contributed by atoms with van der Waals surface area (Å²) in [5.74, 6) is -0.135. The monoisotopic (exact) mass is 593 g/mol. The Balaban J connectivity index is 1.58. The first-order chi connectivity index (χ1) is 20.8. The van der Waals surface area contributed by atoms with Crippen LogP contribution >= 0.6 is 0 Å². The van der Waals surface area contributed by atoms with E-state index in [2.05, 4.69) is 16.0 Å². The number of piperazine rings is 1. The topological polar surface area (TPSA) is 107 Å². The molecule has 0 radical (unpaired) electrons. The first-order valence-electron chi connectivity index (χ1n) is 14.2. The van der Waals surface area contributed by atoms with Crippen molar-refractivity contribution in [2.45, 2.75) is 24.3 Å². The minimum Gasteiger partial charge on any atom is -0.493 e.